The van der Waals surface area contributed by atoms with Crippen LogP contribution in [-0.4, -0.2) is 39.0 Å². The fourth-order valence-electron chi connectivity index (χ4n) is 2.56. The van der Waals surface area contributed by atoms with E-state index in [0.717, 1.165) is 29.9 Å². The average molecular weight is 297 g/mol. The van der Waals surface area contributed by atoms with Crippen LogP contribution in [0.15, 0.2) is 5.16 Å². The summed E-state index contributed by atoms with van der Waals surface area (Å²) in [5.74, 6) is 1.84. The molecule has 1 heterocycles. The summed E-state index contributed by atoms with van der Waals surface area (Å²) in [5, 5.41) is 16.7. The van der Waals surface area contributed by atoms with Crippen LogP contribution in [0.25, 0.3) is 0 Å². The fraction of sp³-hybridized carbons (Fsp3) is 0.929. The van der Waals surface area contributed by atoms with Crippen LogP contribution in [0.4, 0.5) is 0 Å². The minimum Gasteiger partial charge on any atom is -0.316 e. The lowest BCUT2D eigenvalue weighted by molar-refractivity contribution is 0.423. The molecule has 1 N–H and O–H groups in total. The third-order valence-electron chi connectivity index (χ3n) is 3.66. The first kappa shape index (κ1) is 15.8. The molecule has 6 heteroatoms. The molecule has 0 bridgehead atoms. The molecule has 0 unspecified atom stereocenters. The van der Waals surface area contributed by atoms with E-state index < -0.39 is 0 Å². The van der Waals surface area contributed by atoms with E-state index in [-0.39, 0.29) is 0 Å². The Morgan fingerprint density at radius 1 is 1.30 bits per heavy atom. The second-order valence-corrected chi connectivity index (χ2v) is 7.06. The van der Waals surface area contributed by atoms with Crippen LogP contribution < -0.4 is 5.32 Å². The molecule has 1 aliphatic carbocycles. The van der Waals surface area contributed by atoms with Crippen molar-refractivity contribution in [2.75, 3.05) is 18.8 Å². The molecule has 0 spiro atoms. The molecule has 0 saturated heterocycles. The van der Waals surface area contributed by atoms with E-state index >= 15 is 0 Å². The van der Waals surface area contributed by atoms with Crippen molar-refractivity contribution in [2.24, 2.45) is 5.92 Å². The van der Waals surface area contributed by atoms with Crippen molar-refractivity contribution in [1.82, 2.24) is 25.5 Å². The predicted molar refractivity (Wildman–Crippen MR) is 83.0 cm³/mol. The highest BCUT2D eigenvalue weighted by Gasteiger charge is 2.21. The van der Waals surface area contributed by atoms with Gasteiger partial charge in [0.1, 0.15) is 0 Å². The van der Waals surface area contributed by atoms with Crippen LogP contribution in [-0.2, 0) is 0 Å². The van der Waals surface area contributed by atoms with E-state index in [4.69, 9.17) is 0 Å². The summed E-state index contributed by atoms with van der Waals surface area (Å²) in [7, 11) is 0. The minimum absolute atomic E-state index is 0.542. The number of hydrogen-bond donors (Lipinski definition) is 1. The lowest BCUT2D eigenvalue weighted by atomic mass is 10.2. The van der Waals surface area contributed by atoms with E-state index in [1.54, 1.807) is 11.8 Å². The maximum Gasteiger partial charge on any atom is 0.209 e. The van der Waals surface area contributed by atoms with Crippen LogP contribution in [0.1, 0.15) is 58.4 Å². The normalized spacial score (nSPS) is 16.4. The van der Waals surface area contributed by atoms with E-state index in [2.05, 4.69) is 39.4 Å². The molecule has 2 rings (SSSR count). The van der Waals surface area contributed by atoms with Crippen molar-refractivity contribution in [3.63, 3.8) is 0 Å². The number of unbranched alkanes of at least 4 members (excludes halogenated alkanes) is 1. The second kappa shape index (κ2) is 8.62. The van der Waals surface area contributed by atoms with Crippen LogP contribution in [0.5, 0.6) is 0 Å². The number of hydrogen-bond acceptors (Lipinski definition) is 5. The highest BCUT2D eigenvalue weighted by atomic mass is 32.2. The van der Waals surface area contributed by atoms with Crippen molar-refractivity contribution >= 4 is 11.8 Å². The van der Waals surface area contributed by atoms with Crippen LogP contribution in [0.2, 0.25) is 0 Å². The first-order valence-electron chi connectivity index (χ1n) is 7.88. The lowest BCUT2D eigenvalue weighted by Gasteiger charge is -2.10. The molecular weight excluding hydrogens is 270 g/mol. The van der Waals surface area contributed by atoms with Gasteiger partial charge in [-0.2, -0.15) is 0 Å². The highest BCUT2D eigenvalue weighted by Crippen LogP contribution is 2.31. The lowest BCUT2D eigenvalue weighted by Crippen LogP contribution is -2.20. The Bertz CT molecular complexity index is 373. The van der Waals surface area contributed by atoms with Gasteiger partial charge in [0.05, 0.1) is 6.04 Å². The van der Waals surface area contributed by atoms with Gasteiger partial charge in [-0.3, -0.25) is 0 Å². The van der Waals surface area contributed by atoms with Gasteiger partial charge >= 0.3 is 0 Å². The van der Waals surface area contributed by atoms with E-state index in [1.807, 2.05) is 0 Å². The van der Waals surface area contributed by atoms with Gasteiger partial charge in [-0.25, -0.2) is 4.68 Å². The Hall–Kier alpha value is -0.620. The summed E-state index contributed by atoms with van der Waals surface area (Å²) in [4.78, 5) is 0. The van der Waals surface area contributed by atoms with Gasteiger partial charge in [0.15, 0.2) is 0 Å². The Morgan fingerprint density at radius 2 is 2.10 bits per heavy atom. The summed E-state index contributed by atoms with van der Waals surface area (Å²) < 4.78 is 2.05. The largest absolute Gasteiger partial charge is 0.316 e. The predicted octanol–water partition coefficient (Wildman–Crippen LogP) is 2.91. The first-order chi connectivity index (χ1) is 9.77. The zero-order chi connectivity index (χ0) is 14.2. The number of tetrazole rings is 1. The SMILES string of the molecule is CC(C)CNCCCCSc1nnnn1C1CCCC1. The van der Waals surface area contributed by atoms with Crippen molar-refractivity contribution in [3.05, 3.63) is 0 Å². The van der Waals surface area contributed by atoms with Crippen LogP contribution in [0.3, 0.4) is 0 Å². The summed E-state index contributed by atoms with van der Waals surface area (Å²) in [6.07, 6.45) is 7.54. The molecule has 1 aliphatic rings. The number of nitrogens with zero attached hydrogens (tertiary/aromatic N) is 4. The monoisotopic (exact) mass is 297 g/mol. The molecule has 1 fully saturated rings. The maximum atomic E-state index is 4.17. The van der Waals surface area contributed by atoms with Crippen molar-refractivity contribution < 1.29 is 0 Å². The molecule has 0 amide bonds. The van der Waals surface area contributed by atoms with Gasteiger partial charge < -0.3 is 5.32 Å². The van der Waals surface area contributed by atoms with Gasteiger partial charge in [-0.1, -0.05) is 38.5 Å². The second-order valence-electron chi connectivity index (χ2n) is 6.00. The van der Waals surface area contributed by atoms with Crippen molar-refractivity contribution in [1.29, 1.82) is 0 Å². The number of thioether (sulfide) groups is 1. The molecule has 20 heavy (non-hydrogen) atoms. The standard InChI is InChI=1S/C14H27N5S/c1-12(2)11-15-9-5-6-10-20-14-16-17-18-19(14)13-7-3-4-8-13/h12-13,15H,3-11H2,1-2H3. The smallest absolute Gasteiger partial charge is 0.209 e. The summed E-state index contributed by atoms with van der Waals surface area (Å²) in [6.45, 7) is 6.72. The van der Waals surface area contributed by atoms with Crippen molar-refractivity contribution in [2.45, 2.75) is 63.6 Å². The molecule has 0 atom stereocenters. The van der Waals surface area contributed by atoms with Crippen LogP contribution in [0, 0.1) is 5.92 Å². The zero-order valence-electron chi connectivity index (χ0n) is 12.7. The number of nitrogens with one attached hydrogen (secondary N) is 1. The third-order valence-corrected chi connectivity index (χ3v) is 4.68. The Labute approximate surface area is 126 Å². The first-order valence-corrected chi connectivity index (χ1v) is 8.87. The zero-order valence-corrected chi connectivity index (χ0v) is 13.5. The third kappa shape index (κ3) is 5.05. The summed E-state index contributed by atoms with van der Waals surface area (Å²) in [5.41, 5.74) is 0. The topological polar surface area (TPSA) is 55.6 Å². The highest BCUT2D eigenvalue weighted by molar-refractivity contribution is 7.99. The van der Waals surface area contributed by atoms with Gasteiger partial charge in [0.25, 0.3) is 0 Å². The number of rotatable bonds is 9. The van der Waals surface area contributed by atoms with Crippen LogP contribution >= 0.6 is 11.8 Å². The van der Waals surface area contributed by atoms with Gasteiger partial charge in [0, 0.05) is 5.75 Å². The van der Waals surface area contributed by atoms with Gasteiger partial charge in [-0.05, 0) is 55.1 Å². The van der Waals surface area contributed by atoms with E-state index in [0.29, 0.717) is 6.04 Å². The minimum atomic E-state index is 0.542. The Balaban J connectivity index is 1.61. The molecule has 1 aromatic rings. The number of aromatic nitrogens is 4. The Morgan fingerprint density at radius 3 is 2.85 bits per heavy atom. The molecule has 1 saturated carbocycles. The van der Waals surface area contributed by atoms with Gasteiger partial charge in [0.2, 0.25) is 5.16 Å². The molecule has 114 valence electrons. The summed E-state index contributed by atoms with van der Waals surface area (Å²) in [6, 6.07) is 0.542. The molecule has 0 aromatic carbocycles. The molecule has 5 nitrogen and oxygen atoms in total. The summed E-state index contributed by atoms with van der Waals surface area (Å²) >= 11 is 1.80. The Kier molecular flexibility index (Phi) is 6.79. The van der Waals surface area contributed by atoms with E-state index in [1.165, 1.54) is 38.5 Å². The molecule has 0 aliphatic heterocycles. The molecule has 0 radical (unpaired) electrons. The molecule has 1 aromatic heterocycles. The van der Waals surface area contributed by atoms with Gasteiger partial charge in [-0.15, -0.1) is 5.10 Å². The maximum absolute atomic E-state index is 4.17. The van der Waals surface area contributed by atoms with Crippen molar-refractivity contribution in [3.8, 4) is 0 Å². The fourth-order valence-corrected chi connectivity index (χ4v) is 3.51. The average Bonchev–Trinajstić information content (AvgIpc) is 3.07. The van der Waals surface area contributed by atoms with E-state index in [9.17, 15) is 0 Å². The molecular formula is C14H27N5S. The quantitative estimate of drug-likeness (QED) is 0.561.